The number of thioether (sulfide) groups is 2. The van der Waals surface area contributed by atoms with Gasteiger partial charge in [-0.2, -0.15) is 0 Å². The van der Waals surface area contributed by atoms with E-state index in [0.717, 1.165) is 4.47 Å². The molecule has 0 fully saturated rings. The third-order valence-corrected chi connectivity index (χ3v) is 5.90. The fourth-order valence-electron chi connectivity index (χ4n) is 2.19. The van der Waals surface area contributed by atoms with Crippen LogP contribution in [0.15, 0.2) is 45.5 Å². The maximum atomic E-state index is 12.5. The minimum Gasteiger partial charge on any atom is -0.465 e. The first-order valence-electron chi connectivity index (χ1n) is 8.53. The number of halogens is 1. The summed E-state index contributed by atoms with van der Waals surface area (Å²) in [5.41, 5.74) is 0.467. The van der Waals surface area contributed by atoms with Gasteiger partial charge in [-0.1, -0.05) is 28.1 Å². The zero-order valence-electron chi connectivity index (χ0n) is 16.2. The highest BCUT2D eigenvalue weighted by atomic mass is 79.9. The Hall–Kier alpha value is -1.29. The minimum absolute atomic E-state index is 0.0465. The maximum Gasteiger partial charge on any atom is 0.356 e. The van der Waals surface area contributed by atoms with Gasteiger partial charge in [0.15, 0.2) is 0 Å². The van der Waals surface area contributed by atoms with Crippen LogP contribution in [0.5, 0.6) is 0 Å². The van der Waals surface area contributed by atoms with E-state index in [1.165, 1.54) is 29.6 Å². The lowest BCUT2D eigenvalue weighted by atomic mass is 9.94. The summed E-state index contributed by atoms with van der Waals surface area (Å²) in [5, 5.41) is 10.8. The second-order valence-electron chi connectivity index (χ2n) is 5.33. The van der Waals surface area contributed by atoms with Crippen molar-refractivity contribution >= 4 is 55.8 Å². The quantitative estimate of drug-likeness (QED) is 0.253. The van der Waals surface area contributed by atoms with Gasteiger partial charge in [0.2, 0.25) is 0 Å². The summed E-state index contributed by atoms with van der Waals surface area (Å²) < 4.78 is 11.6. The van der Waals surface area contributed by atoms with Crippen molar-refractivity contribution in [3.63, 3.8) is 0 Å². The second-order valence-corrected chi connectivity index (χ2v) is 8.10. The Morgan fingerprint density at radius 1 is 1.14 bits per heavy atom. The zero-order chi connectivity index (χ0) is 21.1. The van der Waals surface area contributed by atoms with E-state index in [0.29, 0.717) is 9.94 Å². The van der Waals surface area contributed by atoms with Crippen LogP contribution in [0.25, 0.3) is 0 Å². The van der Waals surface area contributed by atoms with Crippen molar-refractivity contribution in [3.05, 3.63) is 46.1 Å². The van der Waals surface area contributed by atoms with Crippen LogP contribution in [-0.2, 0) is 19.1 Å². The summed E-state index contributed by atoms with van der Waals surface area (Å²) in [6.45, 7) is 3.67. The first kappa shape index (κ1) is 24.7. The summed E-state index contributed by atoms with van der Waals surface area (Å²) in [6, 6.07) is 6.90. The molecule has 0 aliphatic rings. The third kappa shape index (κ3) is 7.62. The van der Waals surface area contributed by atoms with Crippen molar-refractivity contribution in [2.45, 2.75) is 20.0 Å². The second kappa shape index (κ2) is 13.0. The number of aliphatic hydroxyl groups excluding tert-OH is 1. The topological polar surface area (TPSA) is 85.2 Å². The molecule has 0 unspecified atom stereocenters. The molecule has 0 aliphatic carbocycles. The Morgan fingerprint density at radius 2 is 1.71 bits per heavy atom. The SMILES string of the molecule is CCOC(=O)/C(=C/[C@H](C(=O)OCC)[C@H](O)c1ccc(Br)cc1)N=C(SC)SC. The average molecular weight is 490 g/mol. The Labute approximate surface area is 182 Å². The number of aliphatic hydroxyl groups is 1. The van der Waals surface area contributed by atoms with E-state index in [-0.39, 0.29) is 18.9 Å². The molecule has 0 heterocycles. The molecule has 0 bridgehead atoms. The van der Waals surface area contributed by atoms with Crippen LogP contribution in [0, 0.1) is 5.92 Å². The summed E-state index contributed by atoms with van der Waals surface area (Å²) >= 11 is 6.07. The van der Waals surface area contributed by atoms with Gasteiger partial charge in [0.1, 0.15) is 16.0 Å². The highest BCUT2D eigenvalue weighted by Gasteiger charge is 2.30. The van der Waals surface area contributed by atoms with Crippen molar-refractivity contribution in [1.82, 2.24) is 0 Å². The Kier molecular flexibility index (Phi) is 11.5. The largest absolute Gasteiger partial charge is 0.465 e. The lowest BCUT2D eigenvalue weighted by molar-refractivity contribution is -0.149. The molecule has 0 saturated heterocycles. The van der Waals surface area contributed by atoms with Gasteiger partial charge in [-0.3, -0.25) is 4.79 Å². The minimum atomic E-state index is -1.21. The van der Waals surface area contributed by atoms with Crippen molar-refractivity contribution in [1.29, 1.82) is 0 Å². The predicted octanol–water partition coefficient (Wildman–Crippen LogP) is 4.19. The zero-order valence-corrected chi connectivity index (χ0v) is 19.4. The van der Waals surface area contributed by atoms with Gasteiger partial charge >= 0.3 is 11.9 Å². The van der Waals surface area contributed by atoms with Crippen molar-refractivity contribution in [2.24, 2.45) is 10.9 Å². The molecule has 9 heteroatoms. The fraction of sp³-hybridized carbons (Fsp3) is 0.421. The Balaban J connectivity index is 3.41. The summed E-state index contributed by atoms with van der Waals surface area (Å²) in [5.74, 6) is -2.43. The molecule has 1 N–H and O–H groups in total. The number of hydrogen-bond donors (Lipinski definition) is 1. The molecule has 154 valence electrons. The van der Waals surface area contributed by atoms with E-state index < -0.39 is 24.0 Å². The first-order chi connectivity index (χ1) is 13.4. The number of carbonyl (C=O) groups excluding carboxylic acids is 2. The molecule has 1 aromatic rings. The standard InChI is InChI=1S/C19H24BrNO5S2/c1-5-25-17(23)14(16(22)12-7-9-13(20)10-8-12)11-15(18(24)26-6-2)21-19(27-3)28-4/h7-11,14,16,22H,5-6H2,1-4H3/b15-11-/t14-,16+/m0/s1. The highest BCUT2D eigenvalue weighted by molar-refractivity contribution is 9.10. The lowest BCUT2D eigenvalue weighted by Gasteiger charge is -2.19. The fourth-order valence-corrected chi connectivity index (χ4v) is 3.50. The summed E-state index contributed by atoms with van der Waals surface area (Å²) in [7, 11) is 0. The van der Waals surface area contributed by atoms with Crippen LogP contribution in [0.4, 0.5) is 0 Å². The number of ether oxygens (including phenoxy) is 2. The molecule has 0 aliphatic heterocycles. The smallest absolute Gasteiger partial charge is 0.356 e. The van der Waals surface area contributed by atoms with E-state index in [1.54, 1.807) is 38.1 Å². The molecule has 2 atom stereocenters. The van der Waals surface area contributed by atoms with Crippen LogP contribution in [0.2, 0.25) is 0 Å². The van der Waals surface area contributed by atoms with Gasteiger partial charge in [-0.15, -0.1) is 23.5 Å². The van der Waals surface area contributed by atoms with E-state index in [9.17, 15) is 14.7 Å². The highest BCUT2D eigenvalue weighted by Crippen LogP contribution is 2.28. The van der Waals surface area contributed by atoms with Gasteiger partial charge in [0, 0.05) is 4.47 Å². The van der Waals surface area contributed by atoms with Crippen molar-refractivity contribution < 1.29 is 24.2 Å². The van der Waals surface area contributed by atoms with E-state index in [2.05, 4.69) is 20.9 Å². The molecule has 6 nitrogen and oxygen atoms in total. The van der Waals surface area contributed by atoms with Crippen molar-refractivity contribution in [3.8, 4) is 0 Å². The van der Waals surface area contributed by atoms with Crippen LogP contribution < -0.4 is 0 Å². The normalized spacial score (nSPS) is 13.4. The molecule has 1 rings (SSSR count). The van der Waals surface area contributed by atoms with Crippen LogP contribution in [-0.4, -0.2) is 47.1 Å². The number of esters is 2. The van der Waals surface area contributed by atoms with Gasteiger partial charge < -0.3 is 14.6 Å². The number of nitrogens with zero attached hydrogens (tertiary/aromatic N) is 1. The number of rotatable bonds is 8. The third-order valence-electron chi connectivity index (χ3n) is 3.49. The molecule has 0 saturated carbocycles. The van der Waals surface area contributed by atoms with E-state index in [1.807, 2.05) is 12.5 Å². The number of hydrogen-bond acceptors (Lipinski definition) is 8. The summed E-state index contributed by atoms with van der Waals surface area (Å²) in [4.78, 5) is 29.2. The van der Waals surface area contributed by atoms with E-state index >= 15 is 0 Å². The Morgan fingerprint density at radius 3 is 2.21 bits per heavy atom. The number of aliphatic imine (C=N–C) groups is 1. The number of benzene rings is 1. The molecular formula is C19H24BrNO5S2. The Bertz CT molecular complexity index is 716. The predicted molar refractivity (Wildman–Crippen MR) is 118 cm³/mol. The monoisotopic (exact) mass is 489 g/mol. The van der Waals surface area contributed by atoms with Crippen molar-refractivity contribution in [2.75, 3.05) is 25.7 Å². The molecule has 0 amide bonds. The molecule has 28 heavy (non-hydrogen) atoms. The molecular weight excluding hydrogens is 466 g/mol. The molecule has 0 radical (unpaired) electrons. The van der Waals surface area contributed by atoms with Gasteiger partial charge in [0.05, 0.1) is 19.3 Å². The number of carbonyl (C=O) groups is 2. The molecule has 0 spiro atoms. The van der Waals surface area contributed by atoms with Crippen LogP contribution >= 0.6 is 39.5 Å². The first-order valence-corrected chi connectivity index (χ1v) is 11.8. The van der Waals surface area contributed by atoms with Crippen LogP contribution in [0.1, 0.15) is 25.5 Å². The van der Waals surface area contributed by atoms with Gasteiger partial charge in [-0.05, 0) is 50.1 Å². The van der Waals surface area contributed by atoms with E-state index in [4.69, 9.17) is 9.47 Å². The molecule has 0 aromatic heterocycles. The average Bonchev–Trinajstić information content (AvgIpc) is 2.68. The summed E-state index contributed by atoms with van der Waals surface area (Å²) in [6.07, 6.45) is 3.77. The van der Waals surface area contributed by atoms with Gasteiger partial charge in [0.25, 0.3) is 0 Å². The van der Waals surface area contributed by atoms with Crippen LogP contribution in [0.3, 0.4) is 0 Å². The molecule has 1 aromatic carbocycles. The van der Waals surface area contributed by atoms with Gasteiger partial charge in [-0.25, -0.2) is 9.79 Å². The lowest BCUT2D eigenvalue weighted by Crippen LogP contribution is -2.24. The maximum absolute atomic E-state index is 12.5.